The highest BCUT2D eigenvalue weighted by Crippen LogP contribution is 2.17. The molecular formula is C21H20N2O3. The van der Waals surface area contributed by atoms with Crippen molar-refractivity contribution in [3.8, 4) is 11.3 Å². The first-order valence-corrected chi connectivity index (χ1v) is 8.53. The lowest BCUT2D eigenvalue weighted by Crippen LogP contribution is -2.30. The molecule has 2 aromatic carbocycles. The van der Waals surface area contributed by atoms with E-state index in [1.165, 1.54) is 4.68 Å². The predicted octanol–water partition coefficient (Wildman–Crippen LogP) is 3.06. The van der Waals surface area contributed by atoms with E-state index in [1.807, 2.05) is 60.7 Å². The van der Waals surface area contributed by atoms with Crippen molar-refractivity contribution in [3.05, 3.63) is 88.2 Å². The van der Waals surface area contributed by atoms with Gasteiger partial charge < -0.3 is 4.74 Å². The summed E-state index contributed by atoms with van der Waals surface area (Å²) in [6, 6.07) is 21.1. The smallest absolute Gasteiger partial charge is 0.327 e. The van der Waals surface area contributed by atoms with E-state index in [0.717, 1.165) is 11.1 Å². The number of carbonyl (C=O) groups is 1. The van der Waals surface area contributed by atoms with Gasteiger partial charge in [0.2, 0.25) is 0 Å². The Hall–Kier alpha value is -3.21. The second-order valence-electron chi connectivity index (χ2n) is 5.85. The van der Waals surface area contributed by atoms with Crippen molar-refractivity contribution in [2.24, 2.45) is 0 Å². The SMILES string of the molecule is CCOC(=O)Cn1nc(-c2ccccc2)cc(Cc2ccccc2)c1=O. The van der Waals surface area contributed by atoms with Crippen molar-refractivity contribution in [2.45, 2.75) is 19.9 Å². The van der Waals surface area contributed by atoms with Gasteiger partial charge in [-0.25, -0.2) is 4.68 Å². The quantitative estimate of drug-likeness (QED) is 0.642. The third-order valence-corrected chi connectivity index (χ3v) is 3.94. The number of hydrogen-bond acceptors (Lipinski definition) is 4. The van der Waals surface area contributed by atoms with Gasteiger partial charge in [0, 0.05) is 17.5 Å². The molecular weight excluding hydrogens is 328 g/mol. The molecule has 0 saturated heterocycles. The van der Waals surface area contributed by atoms with Gasteiger partial charge in [-0.1, -0.05) is 60.7 Å². The van der Waals surface area contributed by atoms with E-state index in [4.69, 9.17) is 4.74 Å². The molecule has 0 aliphatic carbocycles. The summed E-state index contributed by atoms with van der Waals surface area (Å²) in [4.78, 5) is 24.6. The van der Waals surface area contributed by atoms with Gasteiger partial charge in [-0.05, 0) is 18.6 Å². The maximum absolute atomic E-state index is 12.8. The highest BCUT2D eigenvalue weighted by Gasteiger charge is 2.13. The van der Waals surface area contributed by atoms with E-state index >= 15 is 0 Å². The van der Waals surface area contributed by atoms with Crippen molar-refractivity contribution >= 4 is 5.97 Å². The molecule has 0 spiro atoms. The summed E-state index contributed by atoms with van der Waals surface area (Å²) >= 11 is 0. The van der Waals surface area contributed by atoms with Gasteiger partial charge in [-0.15, -0.1) is 0 Å². The van der Waals surface area contributed by atoms with Crippen LogP contribution in [0.25, 0.3) is 11.3 Å². The fourth-order valence-electron chi connectivity index (χ4n) is 2.73. The van der Waals surface area contributed by atoms with Crippen LogP contribution in [-0.2, 0) is 22.5 Å². The fraction of sp³-hybridized carbons (Fsp3) is 0.190. The van der Waals surface area contributed by atoms with Gasteiger partial charge in [-0.3, -0.25) is 9.59 Å². The molecule has 3 rings (SSSR count). The van der Waals surface area contributed by atoms with Gasteiger partial charge >= 0.3 is 5.97 Å². The molecule has 3 aromatic rings. The van der Waals surface area contributed by atoms with E-state index < -0.39 is 5.97 Å². The molecule has 0 aliphatic rings. The van der Waals surface area contributed by atoms with Crippen molar-refractivity contribution in [1.29, 1.82) is 0 Å². The minimum absolute atomic E-state index is 0.199. The monoisotopic (exact) mass is 348 g/mol. The van der Waals surface area contributed by atoms with E-state index in [1.54, 1.807) is 13.0 Å². The normalized spacial score (nSPS) is 10.5. The maximum Gasteiger partial charge on any atom is 0.327 e. The van der Waals surface area contributed by atoms with Crippen LogP contribution in [0.1, 0.15) is 18.1 Å². The molecule has 0 bridgehead atoms. The zero-order valence-corrected chi connectivity index (χ0v) is 14.6. The number of nitrogens with zero attached hydrogens (tertiary/aromatic N) is 2. The van der Waals surface area contributed by atoms with Crippen molar-refractivity contribution in [3.63, 3.8) is 0 Å². The van der Waals surface area contributed by atoms with Gasteiger partial charge in [0.25, 0.3) is 5.56 Å². The minimum atomic E-state index is -0.474. The van der Waals surface area contributed by atoms with Crippen LogP contribution in [-0.4, -0.2) is 22.4 Å². The first-order valence-electron chi connectivity index (χ1n) is 8.53. The maximum atomic E-state index is 12.8. The third kappa shape index (κ3) is 4.25. The van der Waals surface area contributed by atoms with E-state index in [9.17, 15) is 9.59 Å². The van der Waals surface area contributed by atoms with Gasteiger partial charge in [0.1, 0.15) is 6.54 Å². The molecule has 0 amide bonds. The first kappa shape index (κ1) is 17.6. The van der Waals surface area contributed by atoms with Crippen LogP contribution in [0.5, 0.6) is 0 Å². The van der Waals surface area contributed by atoms with Crippen LogP contribution >= 0.6 is 0 Å². The molecule has 1 heterocycles. The van der Waals surface area contributed by atoms with Crippen molar-refractivity contribution < 1.29 is 9.53 Å². The number of benzene rings is 2. The first-order chi connectivity index (χ1) is 12.7. The number of esters is 1. The third-order valence-electron chi connectivity index (χ3n) is 3.94. The van der Waals surface area contributed by atoms with Crippen LogP contribution in [0.3, 0.4) is 0 Å². The second kappa shape index (κ2) is 8.25. The predicted molar refractivity (Wildman–Crippen MR) is 99.8 cm³/mol. The molecule has 0 saturated carbocycles. The van der Waals surface area contributed by atoms with Crippen molar-refractivity contribution in [2.75, 3.05) is 6.61 Å². The largest absolute Gasteiger partial charge is 0.465 e. The number of carbonyl (C=O) groups excluding carboxylic acids is 1. The molecule has 0 fully saturated rings. The Kier molecular flexibility index (Phi) is 5.59. The minimum Gasteiger partial charge on any atom is -0.465 e. The van der Waals surface area contributed by atoms with E-state index in [2.05, 4.69) is 5.10 Å². The number of hydrogen-bond donors (Lipinski definition) is 0. The van der Waals surface area contributed by atoms with E-state index in [-0.39, 0.29) is 18.7 Å². The molecule has 0 atom stereocenters. The summed E-state index contributed by atoms with van der Waals surface area (Å²) in [6.07, 6.45) is 0.477. The zero-order valence-electron chi connectivity index (χ0n) is 14.6. The van der Waals surface area contributed by atoms with E-state index in [0.29, 0.717) is 17.7 Å². The Labute approximate surface area is 151 Å². The summed E-state index contributed by atoms with van der Waals surface area (Å²) in [6.45, 7) is 1.80. The second-order valence-corrected chi connectivity index (χ2v) is 5.85. The number of rotatable bonds is 6. The summed E-state index contributed by atoms with van der Waals surface area (Å²) in [5.41, 5.74) is 2.88. The molecule has 5 heteroatoms. The molecule has 132 valence electrons. The topological polar surface area (TPSA) is 61.2 Å². The number of ether oxygens (including phenoxy) is 1. The fourth-order valence-corrected chi connectivity index (χ4v) is 2.73. The Morgan fingerprint density at radius 3 is 2.35 bits per heavy atom. The van der Waals surface area contributed by atoms with Gasteiger partial charge in [-0.2, -0.15) is 5.10 Å². The Morgan fingerprint density at radius 2 is 1.69 bits per heavy atom. The standard InChI is InChI=1S/C21H20N2O3/c1-2-26-20(24)15-23-21(25)18(13-16-9-5-3-6-10-16)14-19(22-23)17-11-7-4-8-12-17/h3-12,14H,2,13,15H2,1H3. The molecule has 5 nitrogen and oxygen atoms in total. The Balaban J connectivity index is 2.04. The lowest BCUT2D eigenvalue weighted by atomic mass is 10.0. The highest BCUT2D eigenvalue weighted by atomic mass is 16.5. The summed E-state index contributed by atoms with van der Waals surface area (Å²) in [5.74, 6) is -0.474. The van der Waals surface area contributed by atoms with Gasteiger partial charge in [0.05, 0.1) is 12.3 Å². The Morgan fingerprint density at radius 1 is 1.04 bits per heavy atom. The molecule has 0 aliphatic heterocycles. The molecule has 0 radical (unpaired) electrons. The summed E-state index contributed by atoms with van der Waals surface area (Å²) in [5, 5.41) is 4.37. The lowest BCUT2D eigenvalue weighted by molar-refractivity contribution is -0.144. The molecule has 1 aromatic heterocycles. The average Bonchev–Trinajstić information content (AvgIpc) is 2.66. The molecule has 26 heavy (non-hydrogen) atoms. The molecule has 0 unspecified atom stereocenters. The van der Waals surface area contributed by atoms with Gasteiger partial charge in [0.15, 0.2) is 0 Å². The van der Waals surface area contributed by atoms with Crippen LogP contribution in [0.4, 0.5) is 0 Å². The zero-order chi connectivity index (χ0) is 18.4. The summed E-state index contributed by atoms with van der Waals surface area (Å²) < 4.78 is 6.16. The summed E-state index contributed by atoms with van der Waals surface area (Å²) in [7, 11) is 0. The lowest BCUT2D eigenvalue weighted by Gasteiger charge is -2.11. The van der Waals surface area contributed by atoms with Crippen LogP contribution < -0.4 is 5.56 Å². The molecule has 0 N–H and O–H groups in total. The van der Waals surface area contributed by atoms with Crippen molar-refractivity contribution in [1.82, 2.24) is 9.78 Å². The number of aromatic nitrogens is 2. The van der Waals surface area contributed by atoms with Crippen LogP contribution in [0.15, 0.2) is 71.5 Å². The Bertz CT molecular complexity index is 934. The van der Waals surface area contributed by atoms with Crippen LogP contribution in [0, 0.1) is 0 Å². The highest BCUT2D eigenvalue weighted by molar-refractivity contribution is 5.69. The van der Waals surface area contributed by atoms with Crippen LogP contribution in [0.2, 0.25) is 0 Å². The average molecular weight is 348 g/mol.